The lowest BCUT2D eigenvalue weighted by molar-refractivity contribution is -0.113. The minimum atomic E-state index is -0.120. The number of fused-ring (bicyclic) bond motifs is 1. The van der Waals surface area contributed by atoms with E-state index in [-0.39, 0.29) is 11.7 Å². The van der Waals surface area contributed by atoms with Crippen molar-refractivity contribution < 1.29 is 4.79 Å². The summed E-state index contributed by atoms with van der Waals surface area (Å²) in [4.78, 5) is 12.7. The smallest absolute Gasteiger partial charge is 0.234 e. The molecule has 0 aliphatic heterocycles. The number of hydrogen-bond acceptors (Lipinski definition) is 5. The summed E-state index contributed by atoms with van der Waals surface area (Å²) in [6.45, 7) is 0. The van der Waals surface area contributed by atoms with Crippen molar-refractivity contribution in [2.75, 3.05) is 11.1 Å². The van der Waals surface area contributed by atoms with Crippen LogP contribution in [0.25, 0.3) is 27.6 Å². The molecule has 1 N–H and O–H groups in total. The van der Waals surface area contributed by atoms with Gasteiger partial charge in [-0.2, -0.15) is 4.68 Å². The highest BCUT2D eigenvalue weighted by Gasteiger charge is 2.14. The van der Waals surface area contributed by atoms with E-state index in [4.69, 9.17) is 0 Å². The SMILES string of the molecule is O=C(CSc1nnnn1-c1cccc2ccccc12)Nc1ccccc1-c1ccccc1. The van der Waals surface area contributed by atoms with E-state index in [1.807, 2.05) is 97.1 Å². The zero-order valence-electron chi connectivity index (χ0n) is 17.1. The van der Waals surface area contributed by atoms with Gasteiger partial charge >= 0.3 is 0 Å². The van der Waals surface area contributed by atoms with Gasteiger partial charge in [0.05, 0.1) is 11.4 Å². The molecule has 5 aromatic rings. The number of nitrogens with one attached hydrogen (secondary N) is 1. The molecule has 0 spiro atoms. The third-order valence-electron chi connectivity index (χ3n) is 5.05. The van der Waals surface area contributed by atoms with Gasteiger partial charge in [-0.1, -0.05) is 96.7 Å². The van der Waals surface area contributed by atoms with Crippen molar-refractivity contribution in [3.05, 3.63) is 97.1 Å². The lowest BCUT2D eigenvalue weighted by atomic mass is 10.0. The molecule has 0 bridgehead atoms. The maximum Gasteiger partial charge on any atom is 0.234 e. The Morgan fingerprint density at radius 3 is 2.50 bits per heavy atom. The van der Waals surface area contributed by atoms with Crippen molar-refractivity contribution in [3.63, 3.8) is 0 Å². The summed E-state index contributed by atoms with van der Waals surface area (Å²) in [5.41, 5.74) is 3.69. The quantitative estimate of drug-likeness (QED) is 0.369. The number of para-hydroxylation sites is 1. The minimum Gasteiger partial charge on any atom is -0.325 e. The first-order valence-electron chi connectivity index (χ1n) is 10.1. The van der Waals surface area contributed by atoms with Crippen molar-refractivity contribution in [1.82, 2.24) is 20.2 Å². The van der Waals surface area contributed by atoms with E-state index in [9.17, 15) is 4.79 Å². The van der Waals surface area contributed by atoms with Crippen LogP contribution < -0.4 is 5.32 Å². The Hall–Kier alpha value is -3.97. The molecule has 0 aliphatic carbocycles. The standard InChI is InChI=1S/C25H19N5OS/c31-24(26-22-15-7-6-13-20(22)18-9-2-1-3-10-18)17-32-25-27-28-29-30(25)23-16-8-12-19-11-4-5-14-21(19)23/h1-16H,17H2,(H,26,31). The number of amides is 1. The zero-order valence-corrected chi connectivity index (χ0v) is 17.9. The van der Waals surface area contributed by atoms with E-state index in [2.05, 4.69) is 20.8 Å². The van der Waals surface area contributed by atoms with E-state index in [0.717, 1.165) is 33.3 Å². The molecular weight excluding hydrogens is 418 g/mol. The van der Waals surface area contributed by atoms with Gasteiger partial charge in [-0.25, -0.2) is 0 Å². The average Bonchev–Trinajstić information content (AvgIpc) is 3.32. The van der Waals surface area contributed by atoms with Crippen molar-refractivity contribution in [2.24, 2.45) is 0 Å². The summed E-state index contributed by atoms with van der Waals surface area (Å²) in [7, 11) is 0. The van der Waals surface area contributed by atoms with Crippen LogP contribution in [0.15, 0.2) is 102 Å². The molecule has 156 valence electrons. The monoisotopic (exact) mass is 437 g/mol. The topological polar surface area (TPSA) is 72.7 Å². The molecule has 0 unspecified atom stereocenters. The van der Waals surface area contributed by atoms with Crippen LogP contribution in [0.1, 0.15) is 0 Å². The largest absolute Gasteiger partial charge is 0.325 e. The van der Waals surface area contributed by atoms with Crippen LogP contribution in [0.2, 0.25) is 0 Å². The maximum atomic E-state index is 12.7. The number of rotatable bonds is 6. The molecule has 7 heteroatoms. The maximum absolute atomic E-state index is 12.7. The predicted octanol–water partition coefficient (Wildman–Crippen LogP) is 5.21. The number of thioether (sulfide) groups is 1. The highest BCUT2D eigenvalue weighted by atomic mass is 32.2. The van der Waals surface area contributed by atoms with Crippen LogP contribution in [0.4, 0.5) is 5.69 Å². The lowest BCUT2D eigenvalue weighted by Gasteiger charge is -2.11. The van der Waals surface area contributed by atoms with Crippen LogP contribution in [-0.4, -0.2) is 31.9 Å². The van der Waals surface area contributed by atoms with Crippen LogP contribution in [0, 0.1) is 0 Å². The Balaban J connectivity index is 1.33. The second-order valence-corrected chi connectivity index (χ2v) is 8.06. The van der Waals surface area contributed by atoms with Gasteiger partial charge in [-0.15, -0.1) is 5.10 Å². The van der Waals surface area contributed by atoms with Gasteiger partial charge in [0.15, 0.2) is 0 Å². The molecule has 1 heterocycles. The third kappa shape index (κ3) is 4.10. The average molecular weight is 438 g/mol. The number of tetrazole rings is 1. The molecule has 0 fully saturated rings. The van der Waals surface area contributed by atoms with Crippen molar-refractivity contribution in [2.45, 2.75) is 5.16 Å². The number of nitrogens with zero attached hydrogens (tertiary/aromatic N) is 4. The number of carbonyl (C=O) groups is 1. The highest BCUT2D eigenvalue weighted by molar-refractivity contribution is 7.99. The van der Waals surface area contributed by atoms with E-state index in [1.165, 1.54) is 11.8 Å². The summed E-state index contributed by atoms with van der Waals surface area (Å²) in [6.07, 6.45) is 0. The second kappa shape index (κ2) is 9.03. The number of aromatic nitrogens is 4. The molecule has 0 radical (unpaired) electrons. The Labute approximate surface area is 189 Å². The van der Waals surface area contributed by atoms with Crippen molar-refractivity contribution in [1.29, 1.82) is 0 Å². The Morgan fingerprint density at radius 1 is 0.844 bits per heavy atom. The molecule has 32 heavy (non-hydrogen) atoms. The first-order valence-corrected chi connectivity index (χ1v) is 11.1. The molecule has 4 aromatic carbocycles. The summed E-state index contributed by atoms with van der Waals surface area (Å²) < 4.78 is 1.68. The van der Waals surface area contributed by atoms with E-state index in [1.54, 1.807) is 4.68 Å². The zero-order chi connectivity index (χ0) is 21.8. The fourth-order valence-corrected chi connectivity index (χ4v) is 4.27. The second-order valence-electron chi connectivity index (χ2n) is 7.12. The van der Waals surface area contributed by atoms with Gasteiger partial charge in [0, 0.05) is 16.6 Å². The molecule has 1 aromatic heterocycles. The number of carbonyl (C=O) groups excluding carboxylic acids is 1. The molecule has 1 amide bonds. The molecule has 0 saturated heterocycles. The number of anilines is 1. The lowest BCUT2D eigenvalue weighted by Crippen LogP contribution is -2.15. The molecular formula is C25H19N5OS. The van der Waals surface area contributed by atoms with Crippen LogP contribution in [0.5, 0.6) is 0 Å². The highest BCUT2D eigenvalue weighted by Crippen LogP contribution is 2.28. The summed E-state index contributed by atoms with van der Waals surface area (Å²) in [5, 5.41) is 17.9. The molecule has 0 atom stereocenters. The van der Waals surface area contributed by atoms with Crippen molar-refractivity contribution in [3.8, 4) is 16.8 Å². The first-order chi connectivity index (χ1) is 15.8. The van der Waals surface area contributed by atoms with Crippen LogP contribution in [0.3, 0.4) is 0 Å². The molecule has 0 aliphatic rings. The molecule has 6 nitrogen and oxygen atoms in total. The number of benzene rings is 4. The van der Waals surface area contributed by atoms with E-state index >= 15 is 0 Å². The fraction of sp³-hybridized carbons (Fsp3) is 0.0400. The van der Waals surface area contributed by atoms with Gasteiger partial charge < -0.3 is 5.32 Å². The predicted molar refractivity (Wildman–Crippen MR) is 128 cm³/mol. The normalized spacial score (nSPS) is 10.9. The molecule has 0 saturated carbocycles. The van der Waals surface area contributed by atoms with Gasteiger partial charge in [0.25, 0.3) is 0 Å². The van der Waals surface area contributed by atoms with Gasteiger partial charge in [-0.05, 0) is 33.5 Å². The summed E-state index contributed by atoms with van der Waals surface area (Å²) >= 11 is 1.30. The minimum absolute atomic E-state index is 0.120. The summed E-state index contributed by atoms with van der Waals surface area (Å²) in [6, 6.07) is 31.8. The van der Waals surface area contributed by atoms with Crippen LogP contribution >= 0.6 is 11.8 Å². The van der Waals surface area contributed by atoms with Crippen molar-refractivity contribution >= 4 is 34.1 Å². The first kappa shape index (κ1) is 20.0. The Bertz CT molecular complexity index is 1380. The molecule has 5 rings (SSSR count). The Morgan fingerprint density at radius 2 is 1.59 bits per heavy atom. The summed E-state index contributed by atoms with van der Waals surface area (Å²) in [5.74, 6) is 0.0692. The third-order valence-corrected chi connectivity index (χ3v) is 5.97. The van der Waals surface area contributed by atoms with Gasteiger partial charge in [0.1, 0.15) is 0 Å². The Kier molecular flexibility index (Phi) is 5.63. The fourth-order valence-electron chi connectivity index (χ4n) is 3.59. The number of hydrogen-bond donors (Lipinski definition) is 1. The van der Waals surface area contributed by atoms with E-state index in [0.29, 0.717) is 5.16 Å². The van der Waals surface area contributed by atoms with E-state index < -0.39 is 0 Å². The van der Waals surface area contributed by atoms with Gasteiger partial charge in [-0.3, -0.25) is 4.79 Å². The van der Waals surface area contributed by atoms with Gasteiger partial charge in [0.2, 0.25) is 11.1 Å². The van der Waals surface area contributed by atoms with Crippen LogP contribution in [-0.2, 0) is 4.79 Å².